The van der Waals surface area contributed by atoms with Crippen LogP contribution in [0, 0.1) is 0 Å². The molecule has 0 bridgehead atoms. The minimum atomic E-state index is -0.112. The maximum atomic E-state index is 2.72. The van der Waals surface area contributed by atoms with Crippen LogP contribution in [0.25, 0.3) is 55.2 Å². The van der Waals surface area contributed by atoms with Gasteiger partial charge in [-0.2, -0.15) is 0 Å². The van der Waals surface area contributed by atoms with E-state index in [9.17, 15) is 0 Å². The summed E-state index contributed by atoms with van der Waals surface area (Å²) in [6, 6.07) is 75.5. The molecule has 4 heteroatoms. The van der Waals surface area contributed by atoms with E-state index in [4.69, 9.17) is 0 Å². The minimum absolute atomic E-state index is 0.00923. The Bertz CT molecular complexity index is 3610. The number of para-hydroxylation sites is 2. The van der Waals surface area contributed by atoms with Gasteiger partial charge in [0.1, 0.15) is 0 Å². The summed E-state index contributed by atoms with van der Waals surface area (Å²) in [7, 11) is 0. The van der Waals surface area contributed by atoms with Gasteiger partial charge in [0.15, 0.2) is 0 Å². The predicted molar refractivity (Wildman–Crippen MR) is 302 cm³/mol. The molecule has 2 aliphatic rings. The molecule has 0 N–H and O–H groups in total. The fourth-order valence-electron chi connectivity index (χ4n) is 11.2. The average Bonchev–Trinajstić information content (AvgIpc) is 3.69. The van der Waals surface area contributed by atoms with Gasteiger partial charge in [0.25, 0.3) is 0 Å². The lowest BCUT2D eigenvalue weighted by Crippen LogP contribution is -2.56. The van der Waals surface area contributed by atoms with E-state index in [0.29, 0.717) is 0 Å². The molecule has 3 nitrogen and oxygen atoms in total. The lowest BCUT2D eigenvalue weighted by atomic mass is 9.45. The third-order valence-electron chi connectivity index (χ3n) is 15.0. The summed E-state index contributed by atoms with van der Waals surface area (Å²) in [4.78, 5) is 5.03. The highest BCUT2D eigenvalue weighted by Crippen LogP contribution is 2.51. The van der Waals surface area contributed by atoms with Gasteiger partial charge < -0.3 is 14.3 Å². The van der Waals surface area contributed by atoms with Gasteiger partial charge in [-0.05, 0) is 151 Å². The van der Waals surface area contributed by atoms with Crippen LogP contribution in [0.1, 0.15) is 79.0 Å². The van der Waals surface area contributed by atoms with Crippen molar-refractivity contribution in [2.24, 2.45) is 0 Å². The van der Waals surface area contributed by atoms with Gasteiger partial charge in [0, 0.05) is 61.4 Å². The van der Waals surface area contributed by atoms with E-state index in [1.54, 1.807) is 0 Å². The first kappa shape index (κ1) is 43.7. The summed E-state index contributed by atoms with van der Waals surface area (Å²) < 4.78 is 2.72. The number of benzene rings is 9. The van der Waals surface area contributed by atoms with Crippen LogP contribution in [0.4, 0.5) is 34.1 Å². The van der Waals surface area contributed by atoms with Crippen LogP contribution in [-0.2, 0) is 16.2 Å². The fraction of sp³-hybridized carbons (Fsp3) is 0.182. The van der Waals surface area contributed by atoms with Gasteiger partial charge in [-0.1, -0.05) is 178 Å². The van der Waals surface area contributed by atoms with E-state index < -0.39 is 0 Å². The maximum Gasteiger partial charge on any atom is 0.333 e. The van der Waals surface area contributed by atoms with E-state index in [-0.39, 0.29) is 23.1 Å². The first-order valence-electron chi connectivity index (χ1n) is 25.0. The van der Waals surface area contributed by atoms with Crippen molar-refractivity contribution in [2.75, 3.05) is 9.80 Å². The van der Waals surface area contributed by atoms with Gasteiger partial charge in [0.05, 0.1) is 5.69 Å². The summed E-state index contributed by atoms with van der Waals surface area (Å²) in [5.74, 6) is 0. The van der Waals surface area contributed by atoms with Crippen LogP contribution < -0.4 is 20.7 Å². The highest BCUT2D eigenvalue weighted by atomic mass is 15.2. The number of rotatable bonds is 6. The van der Waals surface area contributed by atoms with E-state index in [0.717, 1.165) is 22.7 Å². The number of hydrogen-bond donors (Lipinski definition) is 0. The van der Waals surface area contributed by atoms with Gasteiger partial charge in [-0.3, -0.25) is 0 Å². The molecule has 2 aliphatic heterocycles. The predicted octanol–water partition coefficient (Wildman–Crippen LogP) is 16.9. The molecule has 0 aliphatic carbocycles. The molecule has 3 heterocycles. The molecule has 0 unspecified atom stereocenters. The molecule has 0 saturated heterocycles. The van der Waals surface area contributed by atoms with Crippen LogP contribution in [0.2, 0.25) is 0 Å². The average molecular weight is 906 g/mol. The van der Waals surface area contributed by atoms with Crippen LogP contribution in [0.15, 0.2) is 200 Å². The number of aromatic nitrogens is 1. The second-order valence-electron chi connectivity index (χ2n) is 22.7. The van der Waals surface area contributed by atoms with Crippen molar-refractivity contribution in [1.82, 2.24) is 4.48 Å². The zero-order valence-corrected chi connectivity index (χ0v) is 42.0. The van der Waals surface area contributed by atoms with Gasteiger partial charge in [0.2, 0.25) is 0 Å². The Hall–Kier alpha value is -7.56. The molecule has 0 atom stereocenters. The van der Waals surface area contributed by atoms with Crippen molar-refractivity contribution >= 4 is 73.7 Å². The Morgan fingerprint density at radius 2 is 0.914 bits per heavy atom. The third kappa shape index (κ3) is 7.10. The molecular weight excluding hydrogens is 846 g/mol. The number of nitrogens with zero attached hydrogens (tertiary/aromatic N) is 3. The van der Waals surface area contributed by atoms with Crippen molar-refractivity contribution in [3.8, 4) is 33.4 Å². The summed E-state index contributed by atoms with van der Waals surface area (Å²) in [6.45, 7) is 20.9. The summed E-state index contributed by atoms with van der Waals surface area (Å²) in [6.07, 6.45) is 0. The van der Waals surface area contributed by atoms with E-state index in [1.165, 1.54) is 94.2 Å². The van der Waals surface area contributed by atoms with Crippen molar-refractivity contribution < 1.29 is 0 Å². The van der Waals surface area contributed by atoms with Crippen molar-refractivity contribution in [1.29, 1.82) is 0 Å². The van der Waals surface area contributed by atoms with Gasteiger partial charge in [-0.25, -0.2) is 0 Å². The minimum Gasteiger partial charge on any atom is -0.375 e. The molecule has 12 rings (SSSR count). The molecule has 1 aromatic heterocycles. The van der Waals surface area contributed by atoms with Crippen molar-refractivity contribution in [2.45, 2.75) is 78.6 Å². The summed E-state index contributed by atoms with van der Waals surface area (Å²) in [5.41, 5.74) is 23.3. The molecule has 0 spiro atoms. The van der Waals surface area contributed by atoms with Crippen molar-refractivity contribution in [3.05, 3.63) is 217 Å². The lowest BCUT2D eigenvalue weighted by Gasteiger charge is -2.42. The lowest BCUT2D eigenvalue weighted by molar-refractivity contribution is 0.590. The Labute approximate surface area is 414 Å². The zero-order valence-electron chi connectivity index (χ0n) is 42.0. The first-order valence-corrected chi connectivity index (χ1v) is 25.0. The topological polar surface area (TPSA) is 11.4 Å². The van der Waals surface area contributed by atoms with Gasteiger partial charge in [-0.15, -0.1) is 0 Å². The van der Waals surface area contributed by atoms with E-state index in [1.807, 2.05) is 0 Å². The molecule has 0 amide bonds. The number of anilines is 6. The zero-order chi connectivity index (χ0) is 48.3. The molecule has 0 saturated carbocycles. The molecular formula is C66H60BN3. The smallest absolute Gasteiger partial charge is 0.333 e. The number of fused-ring (bicyclic) bond motifs is 7. The van der Waals surface area contributed by atoms with Crippen LogP contribution in [-0.4, -0.2) is 11.3 Å². The van der Waals surface area contributed by atoms with E-state index >= 15 is 0 Å². The van der Waals surface area contributed by atoms with E-state index in [2.05, 4.69) is 277 Å². The first-order chi connectivity index (χ1) is 33.6. The Kier molecular flexibility index (Phi) is 9.99. The second-order valence-corrected chi connectivity index (χ2v) is 22.7. The Morgan fingerprint density at radius 3 is 1.53 bits per heavy atom. The normalized spacial score (nSPS) is 13.2. The quantitative estimate of drug-likeness (QED) is 0.154. The van der Waals surface area contributed by atoms with Crippen LogP contribution >= 0.6 is 0 Å². The highest BCUT2D eigenvalue weighted by Gasteiger charge is 2.44. The second kappa shape index (κ2) is 16.0. The SMILES string of the molecule is CC(C)(C)c1ccc(N2c3cc(N(c4ccccc4)c4ccccc4)ccc3B3c4c(cc(-c5ccccc5)cc42)-c2cc(C(C)(C)C)cc4c5cc(C(C)(C)C)ccc5n3c24)c(-c2ccccc2)c1. The summed E-state index contributed by atoms with van der Waals surface area (Å²) >= 11 is 0. The van der Waals surface area contributed by atoms with Crippen LogP contribution in [0.5, 0.6) is 0 Å². The molecule has 342 valence electrons. The maximum absolute atomic E-state index is 2.72. The van der Waals surface area contributed by atoms with Gasteiger partial charge >= 0.3 is 6.85 Å². The van der Waals surface area contributed by atoms with Crippen LogP contribution in [0.3, 0.4) is 0 Å². The molecule has 9 aromatic carbocycles. The number of hydrogen-bond acceptors (Lipinski definition) is 2. The third-order valence-corrected chi connectivity index (χ3v) is 15.0. The largest absolute Gasteiger partial charge is 0.375 e. The molecule has 10 aromatic rings. The molecule has 0 fully saturated rings. The molecule has 70 heavy (non-hydrogen) atoms. The monoisotopic (exact) mass is 905 g/mol. The Morgan fingerprint density at radius 1 is 0.371 bits per heavy atom. The Balaban J connectivity index is 1.25. The van der Waals surface area contributed by atoms with Crippen molar-refractivity contribution in [3.63, 3.8) is 0 Å². The highest BCUT2D eigenvalue weighted by molar-refractivity contribution is 6.90. The standard InChI is InChI=1S/C66H60BN3/c1-64(2,3)46-30-34-58(52(38-46)44-24-16-11-17-25-44)69-60-42-51(68(49-26-18-12-19-27-49)50-28-20-13-21-29-50)32-33-57(60)67-62-54(36-45(37-61(62)69)43-22-14-10-15-23-43)56-41-48(66(7,8)9)40-55-53-39-47(65(4,5)6)31-35-59(53)70(67)63(55)56/h10-42H,1-9H3. The molecule has 0 radical (unpaired) electrons. The summed E-state index contributed by atoms with van der Waals surface area (Å²) in [5, 5.41) is 2.64. The fourth-order valence-corrected chi connectivity index (χ4v) is 11.2.